The summed E-state index contributed by atoms with van der Waals surface area (Å²) in [5.41, 5.74) is 4.92. The molecule has 1 unspecified atom stereocenters. The molecule has 0 saturated carbocycles. The van der Waals surface area contributed by atoms with E-state index in [1.54, 1.807) is 0 Å². The van der Waals surface area contributed by atoms with Crippen LogP contribution in [0, 0.1) is 6.92 Å². The van der Waals surface area contributed by atoms with Crippen molar-refractivity contribution in [3.8, 4) is 0 Å². The summed E-state index contributed by atoms with van der Waals surface area (Å²) in [7, 11) is 0. The fourth-order valence-electron chi connectivity index (χ4n) is 1.55. The monoisotopic (exact) mass is 224 g/mol. The van der Waals surface area contributed by atoms with Gasteiger partial charge in [0.15, 0.2) is 0 Å². The standard InChI is InChI=1S/C12H17ClN2/c1-3-4-8-11(15-14)10-7-5-6-9(2)12(10)13/h3,5-7,11,15H,1,4,8,14H2,2H3. The number of rotatable bonds is 5. The normalized spacial score (nSPS) is 12.5. The first-order valence-electron chi connectivity index (χ1n) is 5.02. The summed E-state index contributed by atoms with van der Waals surface area (Å²) in [4.78, 5) is 0. The molecule has 1 aromatic carbocycles. The van der Waals surface area contributed by atoms with Crippen LogP contribution in [0.3, 0.4) is 0 Å². The van der Waals surface area contributed by atoms with Gasteiger partial charge in [-0.1, -0.05) is 35.9 Å². The summed E-state index contributed by atoms with van der Waals surface area (Å²) in [6.45, 7) is 5.69. The van der Waals surface area contributed by atoms with Crippen LogP contribution >= 0.6 is 11.6 Å². The molecule has 2 nitrogen and oxygen atoms in total. The van der Waals surface area contributed by atoms with Crippen LogP contribution in [0.15, 0.2) is 30.9 Å². The Morgan fingerprint density at radius 2 is 2.33 bits per heavy atom. The molecule has 3 heteroatoms. The smallest absolute Gasteiger partial charge is 0.0483 e. The molecule has 0 heterocycles. The number of hydrazine groups is 1. The minimum atomic E-state index is 0.0930. The molecular formula is C12H17ClN2. The molecule has 1 rings (SSSR count). The van der Waals surface area contributed by atoms with E-state index in [2.05, 4.69) is 12.0 Å². The maximum Gasteiger partial charge on any atom is 0.0483 e. The van der Waals surface area contributed by atoms with Crippen LogP contribution in [0.1, 0.15) is 30.0 Å². The summed E-state index contributed by atoms with van der Waals surface area (Å²) >= 11 is 6.22. The molecule has 1 atom stereocenters. The average Bonchev–Trinajstić information content (AvgIpc) is 2.25. The van der Waals surface area contributed by atoms with Crippen molar-refractivity contribution >= 4 is 11.6 Å². The van der Waals surface area contributed by atoms with Crippen molar-refractivity contribution in [2.75, 3.05) is 0 Å². The van der Waals surface area contributed by atoms with Gasteiger partial charge in [-0.3, -0.25) is 11.3 Å². The van der Waals surface area contributed by atoms with Gasteiger partial charge in [-0.25, -0.2) is 0 Å². The zero-order valence-corrected chi connectivity index (χ0v) is 9.72. The minimum absolute atomic E-state index is 0.0930. The van der Waals surface area contributed by atoms with E-state index in [9.17, 15) is 0 Å². The van der Waals surface area contributed by atoms with Crippen molar-refractivity contribution < 1.29 is 0 Å². The van der Waals surface area contributed by atoms with Crippen molar-refractivity contribution in [1.29, 1.82) is 0 Å². The summed E-state index contributed by atoms with van der Waals surface area (Å²) in [5, 5.41) is 0.796. The van der Waals surface area contributed by atoms with E-state index < -0.39 is 0 Å². The Kier molecular flexibility index (Phi) is 4.82. The highest BCUT2D eigenvalue weighted by Crippen LogP contribution is 2.28. The van der Waals surface area contributed by atoms with Gasteiger partial charge in [0, 0.05) is 11.1 Å². The number of halogens is 1. The average molecular weight is 225 g/mol. The van der Waals surface area contributed by atoms with Gasteiger partial charge in [0.25, 0.3) is 0 Å². The lowest BCUT2D eigenvalue weighted by molar-refractivity contribution is 0.521. The Morgan fingerprint density at radius 3 is 2.93 bits per heavy atom. The molecule has 0 bridgehead atoms. The van der Waals surface area contributed by atoms with Gasteiger partial charge in [0.1, 0.15) is 0 Å². The molecule has 0 aliphatic heterocycles. The molecule has 0 aromatic heterocycles. The van der Waals surface area contributed by atoms with Crippen LogP contribution in [0.4, 0.5) is 0 Å². The largest absolute Gasteiger partial charge is 0.271 e. The molecular weight excluding hydrogens is 208 g/mol. The Labute approximate surface area is 96.1 Å². The highest BCUT2D eigenvalue weighted by Gasteiger charge is 2.13. The summed E-state index contributed by atoms with van der Waals surface area (Å²) < 4.78 is 0. The first-order valence-corrected chi connectivity index (χ1v) is 5.40. The third-order valence-electron chi connectivity index (χ3n) is 2.46. The third-order valence-corrected chi connectivity index (χ3v) is 2.97. The van der Waals surface area contributed by atoms with Gasteiger partial charge >= 0.3 is 0 Å². The highest BCUT2D eigenvalue weighted by atomic mass is 35.5. The van der Waals surface area contributed by atoms with Crippen molar-refractivity contribution in [3.05, 3.63) is 47.0 Å². The van der Waals surface area contributed by atoms with E-state index in [1.807, 2.05) is 31.2 Å². The van der Waals surface area contributed by atoms with Crippen LogP contribution in [-0.2, 0) is 0 Å². The molecule has 3 N–H and O–H groups in total. The van der Waals surface area contributed by atoms with E-state index in [0.29, 0.717) is 0 Å². The number of aryl methyl sites for hydroxylation is 1. The van der Waals surface area contributed by atoms with E-state index in [4.69, 9.17) is 17.4 Å². The number of hydrogen-bond acceptors (Lipinski definition) is 2. The van der Waals surface area contributed by atoms with E-state index >= 15 is 0 Å². The maximum absolute atomic E-state index is 6.22. The second kappa shape index (κ2) is 5.91. The topological polar surface area (TPSA) is 38.0 Å². The van der Waals surface area contributed by atoms with Gasteiger partial charge < -0.3 is 0 Å². The van der Waals surface area contributed by atoms with Crippen molar-refractivity contribution in [3.63, 3.8) is 0 Å². The van der Waals surface area contributed by atoms with Crippen LogP contribution in [0.5, 0.6) is 0 Å². The second-order valence-electron chi connectivity index (χ2n) is 3.56. The Bertz CT molecular complexity index is 336. The Balaban J connectivity index is 2.90. The molecule has 82 valence electrons. The van der Waals surface area contributed by atoms with E-state index in [1.165, 1.54) is 0 Å². The molecule has 1 aromatic rings. The lowest BCUT2D eigenvalue weighted by Crippen LogP contribution is -2.28. The maximum atomic E-state index is 6.22. The van der Waals surface area contributed by atoms with Crippen LogP contribution < -0.4 is 11.3 Å². The van der Waals surface area contributed by atoms with Crippen LogP contribution in [0.25, 0.3) is 0 Å². The van der Waals surface area contributed by atoms with Gasteiger partial charge in [-0.2, -0.15) is 0 Å². The molecule has 0 amide bonds. The van der Waals surface area contributed by atoms with Crippen molar-refractivity contribution in [2.45, 2.75) is 25.8 Å². The number of allylic oxidation sites excluding steroid dienone is 1. The quantitative estimate of drug-likeness (QED) is 0.458. The SMILES string of the molecule is C=CCCC(NN)c1cccc(C)c1Cl. The molecule has 0 saturated heterocycles. The zero-order valence-electron chi connectivity index (χ0n) is 8.96. The molecule has 15 heavy (non-hydrogen) atoms. The number of benzene rings is 1. The first-order chi connectivity index (χ1) is 7.20. The van der Waals surface area contributed by atoms with Crippen LogP contribution in [0.2, 0.25) is 5.02 Å². The van der Waals surface area contributed by atoms with E-state index in [0.717, 1.165) is 29.0 Å². The van der Waals surface area contributed by atoms with Crippen molar-refractivity contribution in [2.24, 2.45) is 5.84 Å². The van der Waals surface area contributed by atoms with Gasteiger partial charge in [0.2, 0.25) is 0 Å². The zero-order chi connectivity index (χ0) is 11.3. The molecule has 0 aliphatic carbocycles. The van der Waals surface area contributed by atoms with Crippen molar-refractivity contribution in [1.82, 2.24) is 5.43 Å². The second-order valence-corrected chi connectivity index (χ2v) is 3.94. The molecule has 0 aliphatic rings. The lowest BCUT2D eigenvalue weighted by atomic mass is 10.0. The predicted molar refractivity (Wildman–Crippen MR) is 65.7 cm³/mol. The summed E-state index contributed by atoms with van der Waals surface area (Å²) in [6, 6.07) is 6.08. The first kappa shape index (κ1) is 12.2. The molecule has 0 fully saturated rings. The van der Waals surface area contributed by atoms with Gasteiger partial charge in [-0.15, -0.1) is 6.58 Å². The van der Waals surface area contributed by atoms with Gasteiger partial charge in [-0.05, 0) is 30.9 Å². The third kappa shape index (κ3) is 3.06. The van der Waals surface area contributed by atoms with Crippen LogP contribution in [-0.4, -0.2) is 0 Å². The fourth-order valence-corrected chi connectivity index (χ4v) is 1.81. The number of hydrogen-bond donors (Lipinski definition) is 2. The number of nitrogens with one attached hydrogen (secondary N) is 1. The molecule has 0 radical (unpaired) electrons. The van der Waals surface area contributed by atoms with Gasteiger partial charge in [0.05, 0.1) is 0 Å². The minimum Gasteiger partial charge on any atom is -0.271 e. The Hall–Kier alpha value is -0.830. The highest BCUT2D eigenvalue weighted by molar-refractivity contribution is 6.32. The molecule has 0 spiro atoms. The predicted octanol–water partition coefficient (Wildman–Crippen LogP) is 3.12. The summed E-state index contributed by atoms with van der Waals surface area (Å²) in [6.07, 6.45) is 3.70. The Morgan fingerprint density at radius 1 is 1.60 bits per heavy atom. The lowest BCUT2D eigenvalue weighted by Gasteiger charge is -2.17. The fraction of sp³-hybridized carbons (Fsp3) is 0.333. The number of nitrogens with two attached hydrogens (primary N) is 1. The summed E-state index contributed by atoms with van der Waals surface area (Å²) in [5.74, 6) is 5.52. The van der Waals surface area contributed by atoms with E-state index in [-0.39, 0.29) is 6.04 Å².